The van der Waals surface area contributed by atoms with Crippen molar-refractivity contribution < 1.29 is 9.53 Å². The summed E-state index contributed by atoms with van der Waals surface area (Å²) in [4.78, 5) is 16.5. The molecule has 0 amide bonds. The zero-order chi connectivity index (χ0) is 17.0. The Balaban J connectivity index is 1.94. The van der Waals surface area contributed by atoms with Crippen LogP contribution >= 0.6 is 0 Å². The van der Waals surface area contributed by atoms with Gasteiger partial charge in [0.2, 0.25) is 0 Å². The van der Waals surface area contributed by atoms with Crippen LogP contribution in [-0.2, 0) is 10.3 Å². The van der Waals surface area contributed by atoms with Gasteiger partial charge in [-0.15, -0.1) is 0 Å². The molecule has 0 bridgehead atoms. The highest BCUT2D eigenvalue weighted by Gasteiger charge is 2.36. The molecule has 0 saturated carbocycles. The first-order valence-corrected chi connectivity index (χ1v) is 7.88. The number of aliphatic imine (C=N–C) groups is 1. The Bertz CT molecular complexity index is 804. The van der Waals surface area contributed by atoms with Crippen LogP contribution in [0.4, 0.5) is 0 Å². The normalized spacial score (nSPS) is 19.4. The van der Waals surface area contributed by atoms with E-state index in [2.05, 4.69) is 6.07 Å². The molecule has 4 nitrogen and oxygen atoms in total. The Hall–Kier alpha value is -2.93. The monoisotopic (exact) mass is 318 g/mol. The number of carbonyl (C=O) groups excluding carboxylic acids is 1. The van der Waals surface area contributed by atoms with Crippen molar-refractivity contribution in [1.29, 1.82) is 5.26 Å². The lowest BCUT2D eigenvalue weighted by molar-refractivity contribution is 0.0600. The van der Waals surface area contributed by atoms with E-state index in [0.29, 0.717) is 12.0 Å². The lowest BCUT2D eigenvalue weighted by atomic mass is 9.85. The van der Waals surface area contributed by atoms with E-state index in [4.69, 9.17) is 9.73 Å². The smallest absolute Gasteiger partial charge is 0.337 e. The second kappa shape index (κ2) is 6.67. The van der Waals surface area contributed by atoms with E-state index in [1.165, 1.54) is 7.11 Å². The summed E-state index contributed by atoms with van der Waals surface area (Å²) in [5, 5.41) is 9.26. The minimum atomic E-state index is -0.466. The van der Waals surface area contributed by atoms with Gasteiger partial charge in [-0.1, -0.05) is 42.5 Å². The highest BCUT2D eigenvalue weighted by Crippen LogP contribution is 2.40. The van der Waals surface area contributed by atoms with Crippen molar-refractivity contribution >= 4 is 11.7 Å². The van der Waals surface area contributed by atoms with E-state index in [1.54, 1.807) is 12.1 Å². The quantitative estimate of drug-likeness (QED) is 0.804. The largest absolute Gasteiger partial charge is 0.465 e. The van der Waals surface area contributed by atoms with Crippen molar-refractivity contribution in [2.45, 2.75) is 24.8 Å². The molecule has 4 heteroatoms. The fourth-order valence-electron chi connectivity index (χ4n) is 3.14. The second-order valence-corrected chi connectivity index (χ2v) is 5.86. The van der Waals surface area contributed by atoms with Crippen molar-refractivity contribution in [2.24, 2.45) is 4.99 Å². The number of rotatable bonds is 4. The summed E-state index contributed by atoms with van der Waals surface area (Å²) in [5.74, 6) is -0.349. The molecule has 2 aromatic carbocycles. The molecule has 0 fully saturated rings. The molecular weight excluding hydrogens is 300 g/mol. The molecule has 1 aliphatic heterocycles. The third kappa shape index (κ3) is 2.93. The average molecular weight is 318 g/mol. The Morgan fingerprint density at radius 2 is 1.92 bits per heavy atom. The zero-order valence-electron chi connectivity index (χ0n) is 13.5. The topological polar surface area (TPSA) is 62.4 Å². The molecule has 0 aromatic heterocycles. The zero-order valence-corrected chi connectivity index (χ0v) is 13.5. The molecule has 120 valence electrons. The molecule has 0 saturated heterocycles. The molecule has 0 radical (unpaired) electrons. The van der Waals surface area contributed by atoms with Gasteiger partial charge in [-0.2, -0.15) is 5.26 Å². The maximum absolute atomic E-state index is 11.5. The summed E-state index contributed by atoms with van der Waals surface area (Å²) >= 11 is 0. The van der Waals surface area contributed by atoms with Gasteiger partial charge in [-0.3, -0.25) is 4.99 Å². The van der Waals surface area contributed by atoms with Gasteiger partial charge in [0, 0.05) is 5.71 Å². The van der Waals surface area contributed by atoms with Crippen LogP contribution in [0.25, 0.3) is 0 Å². The van der Waals surface area contributed by atoms with E-state index in [0.717, 1.165) is 29.7 Å². The molecule has 1 unspecified atom stereocenters. The summed E-state index contributed by atoms with van der Waals surface area (Å²) in [6, 6.07) is 19.5. The van der Waals surface area contributed by atoms with Crippen LogP contribution in [0.5, 0.6) is 0 Å². The van der Waals surface area contributed by atoms with Crippen molar-refractivity contribution in [3.63, 3.8) is 0 Å². The van der Waals surface area contributed by atoms with Gasteiger partial charge < -0.3 is 4.74 Å². The van der Waals surface area contributed by atoms with E-state index in [1.807, 2.05) is 42.5 Å². The number of methoxy groups -OCH3 is 1. The number of ether oxygens (including phenoxy) is 1. The fourth-order valence-corrected chi connectivity index (χ4v) is 3.14. The molecule has 0 N–H and O–H groups in total. The molecule has 1 aliphatic rings. The first-order valence-electron chi connectivity index (χ1n) is 7.88. The number of hydrogen-bond donors (Lipinski definition) is 0. The Morgan fingerprint density at radius 3 is 2.54 bits per heavy atom. The first-order chi connectivity index (χ1) is 11.7. The Labute approximate surface area is 141 Å². The molecule has 0 aliphatic carbocycles. The molecule has 2 aromatic rings. The van der Waals surface area contributed by atoms with E-state index in [9.17, 15) is 10.1 Å². The molecule has 1 atom stereocenters. The SMILES string of the molecule is COC(=O)c1ccc(C2=NC(CC#N)(c3ccccc3)CC2)cc1. The van der Waals surface area contributed by atoms with E-state index in [-0.39, 0.29) is 5.97 Å². The summed E-state index contributed by atoms with van der Waals surface area (Å²) in [5.41, 5.74) is 3.09. The fraction of sp³-hybridized carbons (Fsp3) is 0.250. The standard InChI is InChI=1S/C20H18N2O2/c1-24-19(23)16-9-7-15(8-10-16)18-11-12-20(22-18,13-14-21)17-5-3-2-4-6-17/h2-10H,11-13H2,1H3. The number of hydrogen-bond acceptors (Lipinski definition) is 4. The van der Waals surface area contributed by atoms with E-state index < -0.39 is 5.54 Å². The van der Waals surface area contributed by atoms with Crippen LogP contribution in [-0.4, -0.2) is 18.8 Å². The highest BCUT2D eigenvalue weighted by atomic mass is 16.5. The Morgan fingerprint density at radius 1 is 1.21 bits per heavy atom. The van der Waals surface area contributed by atoms with Crippen LogP contribution < -0.4 is 0 Å². The summed E-state index contributed by atoms with van der Waals surface area (Å²) in [6.45, 7) is 0. The van der Waals surface area contributed by atoms with Gasteiger partial charge in [0.25, 0.3) is 0 Å². The second-order valence-electron chi connectivity index (χ2n) is 5.86. The van der Waals surface area contributed by atoms with Crippen molar-refractivity contribution in [3.05, 3.63) is 71.3 Å². The molecule has 24 heavy (non-hydrogen) atoms. The van der Waals surface area contributed by atoms with Gasteiger partial charge in [0.1, 0.15) is 0 Å². The van der Waals surface area contributed by atoms with Gasteiger partial charge in [0.05, 0.1) is 30.7 Å². The third-order valence-electron chi connectivity index (χ3n) is 4.45. The highest BCUT2D eigenvalue weighted by molar-refractivity contribution is 6.03. The predicted molar refractivity (Wildman–Crippen MR) is 91.9 cm³/mol. The van der Waals surface area contributed by atoms with Gasteiger partial charge in [-0.05, 0) is 36.1 Å². The summed E-state index contributed by atoms with van der Waals surface area (Å²) in [7, 11) is 1.37. The van der Waals surface area contributed by atoms with Crippen molar-refractivity contribution in [2.75, 3.05) is 7.11 Å². The molecular formula is C20H18N2O2. The molecule has 3 rings (SSSR count). The minimum Gasteiger partial charge on any atom is -0.465 e. The number of esters is 1. The van der Waals surface area contributed by atoms with Crippen LogP contribution in [0, 0.1) is 11.3 Å². The van der Waals surface area contributed by atoms with Crippen molar-refractivity contribution in [3.8, 4) is 6.07 Å². The minimum absolute atomic E-state index is 0.349. The van der Waals surface area contributed by atoms with Crippen LogP contribution in [0.1, 0.15) is 40.7 Å². The van der Waals surface area contributed by atoms with Gasteiger partial charge in [0.15, 0.2) is 0 Å². The first kappa shape index (κ1) is 15.9. The number of benzene rings is 2. The van der Waals surface area contributed by atoms with Crippen LogP contribution in [0.15, 0.2) is 59.6 Å². The summed E-state index contributed by atoms with van der Waals surface area (Å²) < 4.78 is 4.72. The molecule has 1 heterocycles. The van der Waals surface area contributed by atoms with Gasteiger partial charge >= 0.3 is 5.97 Å². The third-order valence-corrected chi connectivity index (χ3v) is 4.45. The van der Waals surface area contributed by atoms with E-state index >= 15 is 0 Å². The lowest BCUT2D eigenvalue weighted by Gasteiger charge is -2.23. The maximum atomic E-state index is 11.5. The lowest BCUT2D eigenvalue weighted by Crippen LogP contribution is -2.19. The Kier molecular flexibility index (Phi) is 4.43. The average Bonchev–Trinajstić information content (AvgIpc) is 3.08. The predicted octanol–water partition coefficient (Wildman–Crippen LogP) is 3.87. The number of nitriles is 1. The van der Waals surface area contributed by atoms with Gasteiger partial charge in [-0.25, -0.2) is 4.79 Å². The van der Waals surface area contributed by atoms with Crippen LogP contribution in [0.3, 0.4) is 0 Å². The van der Waals surface area contributed by atoms with Crippen molar-refractivity contribution in [1.82, 2.24) is 0 Å². The molecule has 0 spiro atoms. The summed E-state index contributed by atoms with van der Waals surface area (Å²) in [6.07, 6.45) is 1.99. The maximum Gasteiger partial charge on any atom is 0.337 e. The number of nitrogens with zero attached hydrogens (tertiary/aromatic N) is 2. The number of carbonyl (C=O) groups is 1. The van der Waals surface area contributed by atoms with Crippen LogP contribution in [0.2, 0.25) is 0 Å².